The van der Waals surface area contributed by atoms with Gasteiger partial charge in [-0.25, -0.2) is 0 Å². The molecule has 1 unspecified atom stereocenters. The Kier molecular flexibility index (Phi) is 3.42. The predicted octanol–water partition coefficient (Wildman–Crippen LogP) is 2.00. The van der Waals surface area contributed by atoms with Crippen LogP contribution < -0.4 is 5.01 Å². The number of rotatable bonds is 3. The van der Waals surface area contributed by atoms with Gasteiger partial charge in [0.05, 0.1) is 25.2 Å². The molecule has 0 saturated heterocycles. The molecule has 0 aliphatic carbocycles. The van der Waals surface area contributed by atoms with E-state index >= 15 is 0 Å². The first-order valence-electron chi connectivity index (χ1n) is 8.51. The van der Waals surface area contributed by atoms with Crippen LogP contribution in [0.4, 0.5) is 5.69 Å². The van der Waals surface area contributed by atoms with Crippen LogP contribution in [0.25, 0.3) is 0 Å². The Balaban J connectivity index is 2.04. The van der Waals surface area contributed by atoms with Gasteiger partial charge in [-0.1, -0.05) is 23.7 Å². The van der Waals surface area contributed by atoms with Gasteiger partial charge < -0.3 is 4.74 Å². The average Bonchev–Trinajstić information content (AvgIpc) is 3.12. The topological polar surface area (TPSA) is 76.8 Å². The van der Waals surface area contributed by atoms with Crippen molar-refractivity contribution in [3.63, 3.8) is 0 Å². The number of nitrogens with zero attached hydrogens (tertiary/aromatic N) is 4. The molecule has 1 aliphatic heterocycles. The van der Waals surface area contributed by atoms with E-state index in [9.17, 15) is 9.59 Å². The van der Waals surface area contributed by atoms with E-state index < -0.39 is 24.8 Å². The molecule has 2 heterocycles. The molecule has 0 spiro atoms. The van der Waals surface area contributed by atoms with Crippen LogP contribution in [0.2, 0.25) is 5.02 Å². The van der Waals surface area contributed by atoms with E-state index in [0.29, 0.717) is 16.3 Å². The lowest BCUT2D eigenvalue weighted by Gasteiger charge is -2.27. The molecule has 8 heteroatoms. The van der Waals surface area contributed by atoms with E-state index in [4.69, 9.17) is 20.5 Å². The number of hydrogen-bond acceptors (Lipinski definition) is 5. The highest BCUT2D eigenvalue weighted by molar-refractivity contribution is 6.30. The molecule has 0 N–H and O–H groups in total. The molecule has 1 aromatic heterocycles. The predicted molar refractivity (Wildman–Crippen MR) is 88.8 cm³/mol. The Hall–Kier alpha value is -2.67. The number of esters is 1. The Bertz CT molecular complexity index is 908. The fraction of sp³-hybridized carbons (Fsp3) is 0.250. The Morgan fingerprint density at radius 2 is 2.17 bits per heavy atom. The molecule has 1 amide bonds. The molecule has 7 nitrogen and oxygen atoms in total. The van der Waals surface area contributed by atoms with Crippen LogP contribution in [0.5, 0.6) is 0 Å². The van der Waals surface area contributed by atoms with E-state index in [0.717, 1.165) is 9.69 Å². The number of anilines is 1. The summed E-state index contributed by atoms with van der Waals surface area (Å²) in [7, 11) is 1.19. The molecule has 0 radical (unpaired) electrons. The fourth-order valence-electron chi connectivity index (χ4n) is 2.39. The fourth-order valence-corrected chi connectivity index (χ4v) is 2.52. The van der Waals surface area contributed by atoms with E-state index in [2.05, 4.69) is 10.2 Å². The van der Waals surface area contributed by atoms with Gasteiger partial charge in [-0.15, -0.1) is 0 Å². The average molecular weight is 350 g/mol. The van der Waals surface area contributed by atoms with Crippen LogP contribution in [-0.4, -0.2) is 34.5 Å². The molecule has 1 atom stereocenters. The van der Waals surface area contributed by atoms with Crippen molar-refractivity contribution < 1.29 is 18.4 Å². The van der Waals surface area contributed by atoms with Gasteiger partial charge in [-0.3, -0.25) is 14.3 Å². The van der Waals surface area contributed by atoms with Gasteiger partial charge in [-0.05, 0) is 17.7 Å². The highest BCUT2D eigenvalue weighted by Crippen LogP contribution is 2.26. The maximum Gasteiger partial charge on any atom is 0.318 e. The molecule has 2 aromatic rings. The summed E-state index contributed by atoms with van der Waals surface area (Å²) < 4.78 is 27.6. The molecular formula is C16H15ClN4O3. The van der Waals surface area contributed by atoms with Crippen LogP contribution in [0.15, 0.2) is 41.8 Å². The van der Waals surface area contributed by atoms with Crippen LogP contribution in [0.3, 0.4) is 0 Å². The minimum absolute atomic E-state index is 0.0526. The number of aromatic nitrogens is 2. The number of benzene rings is 1. The molecule has 0 fully saturated rings. The molecule has 0 bridgehead atoms. The third kappa shape index (κ3) is 3.03. The second kappa shape index (κ2) is 6.45. The summed E-state index contributed by atoms with van der Waals surface area (Å²) in [5.74, 6) is -2.42. The minimum atomic E-state index is -2.50. The van der Waals surface area contributed by atoms with Gasteiger partial charge in [-0.2, -0.15) is 15.2 Å². The second-order valence-electron chi connectivity index (χ2n) is 5.13. The van der Waals surface area contributed by atoms with Crippen LogP contribution in [0, 0.1) is 5.92 Å². The van der Waals surface area contributed by atoms with Gasteiger partial charge in [0.15, 0.2) is 0 Å². The standard InChI is InChI=1S/C16H15ClN4O3/c1-20-9-12(8-18-20)21-15(22)13(16(23)24-2)7-14(19-21)10-3-5-11(17)6-4-10/h3-6,8-9,13H,7H2,1-2H3/i1D3. The molecular weight excluding hydrogens is 332 g/mol. The van der Waals surface area contributed by atoms with Gasteiger partial charge in [0, 0.05) is 22.5 Å². The first-order valence-corrected chi connectivity index (χ1v) is 7.39. The Morgan fingerprint density at radius 1 is 1.42 bits per heavy atom. The first-order chi connectivity index (χ1) is 12.7. The van der Waals surface area contributed by atoms with Crippen molar-refractivity contribution in [2.45, 2.75) is 6.42 Å². The molecule has 0 saturated carbocycles. The molecule has 1 aliphatic rings. The molecule has 1 aromatic carbocycles. The highest BCUT2D eigenvalue weighted by atomic mass is 35.5. The smallest absolute Gasteiger partial charge is 0.318 e. The normalized spacial score (nSPS) is 20.0. The SMILES string of the molecule is [2H]C([2H])([2H])n1cc(N2N=C(c3ccc(Cl)cc3)CC(C(=O)OC)C2=O)cn1. The number of carbonyl (C=O) groups excluding carboxylic acids is 2. The number of ether oxygens (including phenoxy) is 1. The lowest BCUT2D eigenvalue weighted by atomic mass is 9.95. The lowest BCUT2D eigenvalue weighted by molar-refractivity contribution is -0.149. The largest absolute Gasteiger partial charge is 0.468 e. The van der Waals surface area contributed by atoms with Crippen LogP contribution in [-0.2, 0) is 21.3 Å². The van der Waals surface area contributed by atoms with E-state index in [1.165, 1.54) is 19.5 Å². The number of aryl methyl sites for hydroxylation is 1. The number of halogens is 1. The lowest BCUT2D eigenvalue weighted by Crippen LogP contribution is -2.42. The van der Waals surface area contributed by atoms with Crippen molar-refractivity contribution in [3.8, 4) is 0 Å². The number of hydrazone groups is 1. The maximum atomic E-state index is 12.7. The van der Waals surface area contributed by atoms with Crippen molar-refractivity contribution in [1.29, 1.82) is 0 Å². The first kappa shape index (κ1) is 12.7. The van der Waals surface area contributed by atoms with Gasteiger partial charge in [0.1, 0.15) is 11.6 Å². The summed E-state index contributed by atoms with van der Waals surface area (Å²) in [6, 6.07) is 6.77. The minimum Gasteiger partial charge on any atom is -0.468 e. The second-order valence-corrected chi connectivity index (χ2v) is 5.56. The van der Waals surface area contributed by atoms with Crippen molar-refractivity contribution >= 4 is 34.9 Å². The van der Waals surface area contributed by atoms with Gasteiger partial charge in [0.25, 0.3) is 5.91 Å². The van der Waals surface area contributed by atoms with Crippen molar-refractivity contribution in [2.75, 3.05) is 12.1 Å². The van der Waals surface area contributed by atoms with Gasteiger partial charge >= 0.3 is 5.97 Å². The quantitative estimate of drug-likeness (QED) is 0.627. The summed E-state index contributed by atoms with van der Waals surface area (Å²) >= 11 is 5.90. The summed E-state index contributed by atoms with van der Waals surface area (Å²) in [5, 5.41) is 9.57. The molecule has 3 rings (SSSR count). The Morgan fingerprint density at radius 3 is 2.79 bits per heavy atom. The summed E-state index contributed by atoms with van der Waals surface area (Å²) in [5.41, 5.74) is 1.27. The summed E-state index contributed by atoms with van der Waals surface area (Å²) in [6.07, 6.45) is 2.43. The molecule has 24 heavy (non-hydrogen) atoms. The molecule has 124 valence electrons. The zero-order valence-electron chi connectivity index (χ0n) is 15.6. The summed E-state index contributed by atoms with van der Waals surface area (Å²) in [6.45, 7) is -2.50. The summed E-state index contributed by atoms with van der Waals surface area (Å²) in [4.78, 5) is 24.8. The van der Waals surface area contributed by atoms with Crippen LogP contribution in [0.1, 0.15) is 16.1 Å². The van der Waals surface area contributed by atoms with E-state index in [1.54, 1.807) is 24.3 Å². The maximum absolute atomic E-state index is 12.7. The monoisotopic (exact) mass is 349 g/mol. The van der Waals surface area contributed by atoms with Gasteiger partial charge in [0.2, 0.25) is 0 Å². The van der Waals surface area contributed by atoms with Crippen molar-refractivity contribution in [1.82, 2.24) is 9.78 Å². The number of amides is 1. The number of hydrogen-bond donors (Lipinski definition) is 0. The van der Waals surface area contributed by atoms with Crippen molar-refractivity contribution in [3.05, 3.63) is 47.2 Å². The van der Waals surface area contributed by atoms with E-state index in [1.807, 2.05) is 0 Å². The number of methoxy groups -OCH3 is 1. The van der Waals surface area contributed by atoms with E-state index in [-0.39, 0.29) is 12.1 Å². The highest BCUT2D eigenvalue weighted by Gasteiger charge is 2.38. The zero-order valence-corrected chi connectivity index (χ0v) is 13.4. The van der Waals surface area contributed by atoms with Crippen molar-refractivity contribution in [2.24, 2.45) is 18.0 Å². The number of carbonyl (C=O) groups is 2. The zero-order chi connectivity index (χ0) is 19.8. The Labute approximate surface area is 147 Å². The third-order valence-corrected chi connectivity index (χ3v) is 3.85. The third-order valence-electron chi connectivity index (χ3n) is 3.60. The van der Waals surface area contributed by atoms with Crippen LogP contribution >= 0.6 is 11.6 Å².